The molecular weight excluding hydrogens is 284 g/mol. The Bertz CT molecular complexity index is 545. The van der Waals surface area contributed by atoms with Gasteiger partial charge in [-0.15, -0.1) is 11.8 Å². The van der Waals surface area contributed by atoms with Gasteiger partial charge in [0.15, 0.2) is 0 Å². The fraction of sp³-hybridized carbons (Fsp3) is 0.500. The van der Waals surface area contributed by atoms with Gasteiger partial charge < -0.3 is 9.64 Å². The van der Waals surface area contributed by atoms with Gasteiger partial charge >= 0.3 is 0 Å². The molecule has 5 heteroatoms. The van der Waals surface area contributed by atoms with Crippen LogP contribution in [0.25, 0.3) is 0 Å². The van der Waals surface area contributed by atoms with Gasteiger partial charge in [-0.2, -0.15) is 5.26 Å². The number of hydrogen-bond donors (Lipinski definition) is 0. The van der Waals surface area contributed by atoms with E-state index in [0.29, 0.717) is 43.9 Å². The van der Waals surface area contributed by atoms with Crippen LogP contribution in [-0.2, 0) is 0 Å². The van der Waals surface area contributed by atoms with Crippen LogP contribution in [0.2, 0.25) is 0 Å². The van der Waals surface area contributed by atoms with Crippen LogP contribution in [0.5, 0.6) is 5.75 Å². The lowest BCUT2D eigenvalue weighted by atomic mass is 9.96. The number of hydrogen-bond acceptors (Lipinski definition) is 4. The summed E-state index contributed by atoms with van der Waals surface area (Å²) in [7, 11) is 0. The number of rotatable bonds is 4. The van der Waals surface area contributed by atoms with Gasteiger partial charge in [-0.05, 0) is 38.2 Å². The number of carbonyl (C=O) groups is 1. The zero-order valence-corrected chi connectivity index (χ0v) is 13.3. The first-order chi connectivity index (χ1) is 10.2. The molecule has 1 amide bonds. The van der Waals surface area contributed by atoms with Gasteiger partial charge in [0.1, 0.15) is 10.5 Å². The maximum absolute atomic E-state index is 12.6. The Kier molecular flexibility index (Phi) is 5.13. The van der Waals surface area contributed by atoms with Crippen molar-refractivity contribution in [3.63, 3.8) is 0 Å². The van der Waals surface area contributed by atoms with Crippen molar-refractivity contribution in [2.75, 3.05) is 26.0 Å². The summed E-state index contributed by atoms with van der Waals surface area (Å²) in [6.45, 7) is 3.68. The second kappa shape index (κ2) is 6.86. The zero-order valence-electron chi connectivity index (χ0n) is 12.5. The molecule has 0 radical (unpaired) electrons. The van der Waals surface area contributed by atoms with E-state index in [1.165, 1.54) is 0 Å². The number of nitriles is 1. The van der Waals surface area contributed by atoms with Crippen LogP contribution in [0.4, 0.5) is 0 Å². The highest BCUT2D eigenvalue weighted by Crippen LogP contribution is 2.34. The lowest BCUT2D eigenvalue weighted by Gasteiger charge is -2.36. The third kappa shape index (κ3) is 3.33. The number of piperidine rings is 1. The van der Waals surface area contributed by atoms with Crippen molar-refractivity contribution in [3.05, 3.63) is 29.8 Å². The summed E-state index contributed by atoms with van der Waals surface area (Å²) < 4.78 is 5.19. The van der Waals surface area contributed by atoms with E-state index in [-0.39, 0.29) is 10.7 Å². The summed E-state index contributed by atoms with van der Waals surface area (Å²) in [6, 6.07) is 9.74. The van der Waals surface area contributed by atoms with Crippen molar-refractivity contribution >= 4 is 17.7 Å². The topological polar surface area (TPSA) is 53.3 Å². The van der Waals surface area contributed by atoms with Gasteiger partial charge in [-0.3, -0.25) is 4.79 Å². The highest BCUT2D eigenvalue weighted by molar-refractivity contribution is 8.00. The molecule has 0 spiro atoms. The minimum absolute atomic E-state index is 0.00769. The molecule has 0 unspecified atom stereocenters. The molecule has 1 fully saturated rings. The second-order valence-corrected chi connectivity index (χ2v) is 6.22. The van der Waals surface area contributed by atoms with Gasteiger partial charge in [-0.1, -0.05) is 12.1 Å². The smallest absolute Gasteiger partial charge is 0.257 e. The maximum Gasteiger partial charge on any atom is 0.257 e. The highest BCUT2D eigenvalue weighted by Gasteiger charge is 2.36. The van der Waals surface area contributed by atoms with Gasteiger partial charge in [0, 0.05) is 13.1 Å². The average Bonchev–Trinajstić information content (AvgIpc) is 2.55. The normalized spacial score (nSPS) is 17.1. The van der Waals surface area contributed by atoms with Crippen LogP contribution in [0.3, 0.4) is 0 Å². The van der Waals surface area contributed by atoms with Crippen LogP contribution in [0.1, 0.15) is 30.1 Å². The predicted octanol–water partition coefficient (Wildman–Crippen LogP) is 2.95. The van der Waals surface area contributed by atoms with E-state index >= 15 is 0 Å². The molecule has 0 aliphatic carbocycles. The van der Waals surface area contributed by atoms with Crippen LogP contribution in [0, 0.1) is 11.3 Å². The van der Waals surface area contributed by atoms with E-state index in [2.05, 4.69) is 6.07 Å². The summed E-state index contributed by atoms with van der Waals surface area (Å²) in [5.74, 6) is 0.624. The molecular formula is C16H20N2O2S. The van der Waals surface area contributed by atoms with Gasteiger partial charge in [0.05, 0.1) is 18.2 Å². The summed E-state index contributed by atoms with van der Waals surface area (Å²) in [5.41, 5.74) is 0.605. The SMILES string of the molecule is CCOc1ccccc1C(=O)N1CCC(C#N)(SC)CC1. The average molecular weight is 304 g/mol. The number of amides is 1. The number of benzene rings is 1. The minimum atomic E-state index is -0.337. The number of thioether (sulfide) groups is 1. The first kappa shape index (κ1) is 15.7. The molecule has 0 saturated carbocycles. The lowest BCUT2D eigenvalue weighted by molar-refractivity contribution is 0.0712. The Labute approximate surface area is 130 Å². The van der Waals surface area contributed by atoms with Crippen LogP contribution < -0.4 is 4.74 Å². The summed E-state index contributed by atoms with van der Waals surface area (Å²) in [4.78, 5) is 14.5. The standard InChI is InChI=1S/C16H20N2O2S/c1-3-20-14-7-5-4-6-13(14)15(19)18-10-8-16(12-17,21-2)9-11-18/h4-7H,3,8-11H2,1-2H3. The Morgan fingerprint density at radius 2 is 2.10 bits per heavy atom. The number of nitrogens with zero attached hydrogens (tertiary/aromatic N) is 2. The molecule has 112 valence electrons. The van der Waals surface area contributed by atoms with Crippen molar-refractivity contribution in [3.8, 4) is 11.8 Å². The van der Waals surface area contributed by atoms with Crippen LogP contribution in [0.15, 0.2) is 24.3 Å². The summed E-state index contributed by atoms with van der Waals surface area (Å²) in [5, 5.41) is 9.30. The van der Waals surface area contributed by atoms with E-state index in [1.54, 1.807) is 17.8 Å². The molecule has 1 aliphatic rings. The predicted molar refractivity (Wildman–Crippen MR) is 84.6 cm³/mol. The Hall–Kier alpha value is -1.67. The summed E-state index contributed by atoms with van der Waals surface area (Å²) in [6.07, 6.45) is 3.39. The Balaban J connectivity index is 2.11. The number of likely N-dealkylation sites (tertiary alicyclic amines) is 1. The molecule has 2 rings (SSSR count). The van der Waals surface area contributed by atoms with Crippen molar-refractivity contribution in [1.82, 2.24) is 4.90 Å². The molecule has 4 nitrogen and oxygen atoms in total. The van der Waals surface area contributed by atoms with Crippen molar-refractivity contribution in [1.29, 1.82) is 5.26 Å². The molecule has 0 atom stereocenters. The number of carbonyl (C=O) groups excluding carboxylic acids is 1. The summed E-state index contributed by atoms with van der Waals surface area (Å²) >= 11 is 1.59. The van der Waals surface area contributed by atoms with E-state index < -0.39 is 0 Å². The minimum Gasteiger partial charge on any atom is -0.493 e. The van der Waals surface area contributed by atoms with Crippen LogP contribution >= 0.6 is 11.8 Å². The fourth-order valence-corrected chi connectivity index (χ4v) is 3.21. The third-order valence-electron chi connectivity index (χ3n) is 3.87. The van der Waals surface area contributed by atoms with Gasteiger partial charge in [0.25, 0.3) is 5.91 Å². The molecule has 1 heterocycles. The van der Waals surface area contributed by atoms with Crippen LogP contribution in [-0.4, -0.2) is 41.5 Å². The molecule has 1 aliphatic heterocycles. The fourth-order valence-electron chi connectivity index (χ4n) is 2.53. The quantitative estimate of drug-likeness (QED) is 0.858. The van der Waals surface area contributed by atoms with Gasteiger partial charge in [-0.25, -0.2) is 0 Å². The molecule has 1 aromatic rings. The molecule has 1 aromatic carbocycles. The van der Waals surface area contributed by atoms with Crippen molar-refractivity contribution in [2.24, 2.45) is 0 Å². The van der Waals surface area contributed by atoms with Gasteiger partial charge in [0.2, 0.25) is 0 Å². The van der Waals surface area contributed by atoms with E-state index in [4.69, 9.17) is 4.74 Å². The molecule has 0 N–H and O–H groups in total. The van der Waals surface area contributed by atoms with E-state index in [1.807, 2.05) is 36.3 Å². The monoisotopic (exact) mass is 304 g/mol. The molecule has 0 aromatic heterocycles. The van der Waals surface area contributed by atoms with E-state index in [0.717, 1.165) is 0 Å². The van der Waals surface area contributed by atoms with Crippen molar-refractivity contribution < 1.29 is 9.53 Å². The molecule has 0 bridgehead atoms. The van der Waals surface area contributed by atoms with Crippen molar-refractivity contribution in [2.45, 2.75) is 24.5 Å². The second-order valence-electron chi connectivity index (χ2n) is 5.03. The third-order valence-corrected chi connectivity index (χ3v) is 5.15. The zero-order chi connectivity index (χ0) is 15.3. The number of para-hydroxylation sites is 1. The number of ether oxygens (including phenoxy) is 1. The molecule has 1 saturated heterocycles. The first-order valence-corrected chi connectivity index (χ1v) is 8.36. The van der Waals surface area contributed by atoms with E-state index in [9.17, 15) is 10.1 Å². The first-order valence-electron chi connectivity index (χ1n) is 7.13. The Morgan fingerprint density at radius 3 is 2.67 bits per heavy atom. The molecule has 21 heavy (non-hydrogen) atoms. The maximum atomic E-state index is 12.6. The Morgan fingerprint density at radius 1 is 1.43 bits per heavy atom. The highest BCUT2D eigenvalue weighted by atomic mass is 32.2. The largest absolute Gasteiger partial charge is 0.493 e. The lowest BCUT2D eigenvalue weighted by Crippen LogP contribution is -2.44.